The number of benzene rings is 1. The van der Waals surface area contributed by atoms with Gasteiger partial charge in [-0.1, -0.05) is 35.5 Å². The van der Waals surface area contributed by atoms with Crippen molar-refractivity contribution in [3.05, 3.63) is 66.0 Å². The number of likely N-dealkylation sites (tertiary alicyclic amines) is 1. The van der Waals surface area contributed by atoms with Crippen LogP contribution in [0, 0.1) is 0 Å². The Morgan fingerprint density at radius 1 is 1.14 bits per heavy atom. The first-order chi connectivity index (χ1) is 13.4. The zero-order valence-electron chi connectivity index (χ0n) is 14.4. The van der Waals surface area contributed by atoms with Gasteiger partial charge in [-0.2, -0.15) is 13.2 Å². The molecule has 1 aromatic carbocycles. The maximum absolute atomic E-state index is 12.5. The SMILES string of the molecule is O=C(c1cc(-c2ccccc2)on1)N1CC(Oc2ccc(C(F)(F)F)cn2)C1. The van der Waals surface area contributed by atoms with Gasteiger partial charge in [0.1, 0.15) is 6.10 Å². The van der Waals surface area contributed by atoms with Gasteiger partial charge in [-0.15, -0.1) is 0 Å². The van der Waals surface area contributed by atoms with Crippen LogP contribution in [0.3, 0.4) is 0 Å². The molecule has 0 N–H and O–H groups in total. The fourth-order valence-electron chi connectivity index (χ4n) is 2.74. The highest BCUT2D eigenvalue weighted by atomic mass is 19.4. The Kier molecular flexibility index (Phi) is 4.50. The number of nitrogens with zero attached hydrogens (tertiary/aromatic N) is 3. The van der Waals surface area contributed by atoms with Crippen molar-refractivity contribution in [1.82, 2.24) is 15.0 Å². The molecule has 3 aromatic rings. The number of hydrogen-bond acceptors (Lipinski definition) is 5. The Hall–Kier alpha value is -3.36. The first-order valence-electron chi connectivity index (χ1n) is 8.41. The number of carbonyl (C=O) groups is 1. The summed E-state index contributed by atoms with van der Waals surface area (Å²) in [5, 5.41) is 3.81. The highest BCUT2D eigenvalue weighted by Crippen LogP contribution is 2.29. The van der Waals surface area contributed by atoms with E-state index in [9.17, 15) is 18.0 Å². The largest absolute Gasteiger partial charge is 0.471 e. The molecule has 9 heteroatoms. The molecular weight excluding hydrogens is 375 g/mol. The summed E-state index contributed by atoms with van der Waals surface area (Å²) in [5.74, 6) is 0.273. The van der Waals surface area contributed by atoms with Gasteiger partial charge < -0.3 is 14.2 Å². The minimum Gasteiger partial charge on any atom is -0.471 e. The highest BCUT2D eigenvalue weighted by Gasteiger charge is 2.35. The average Bonchev–Trinajstić information content (AvgIpc) is 3.14. The first kappa shape index (κ1) is 18.0. The van der Waals surface area contributed by atoms with Crippen molar-refractivity contribution in [1.29, 1.82) is 0 Å². The Morgan fingerprint density at radius 3 is 2.54 bits per heavy atom. The lowest BCUT2D eigenvalue weighted by Gasteiger charge is -2.38. The number of halogens is 3. The molecule has 0 aliphatic carbocycles. The lowest BCUT2D eigenvalue weighted by molar-refractivity contribution is -0.137. The Balaban J connectivity index is 1.33. The second-order valence-electron chi connectivity index (χ2n) is 6.28. The van der Waals surface area contributed by atoms with Crippen molar-refractivity contribution in [2.24, 2.45) is 0 Å². The van der Waals surface area contributed by atoms with Crippen LogP contribution in [0.15, 0.2) is 59.3 Å². The van der Waals surface area contributed by atoms with Gasteiger partial charge in [0.2, 0.25) is 5.88 Å². The van der Waals surface area contributed by atoms with Gasteiger partial charge in [-0.05, 0) is 6.07 Å². The van der Waals surface area contributed by atoms with Gasteiger partial charge in [0.25, 0.3) is 5.91 Å². The Labute approximate surface area is 157 Å². The lowest BCUT2D eigenvalue weighted by Crippen LogP contribution is -2.56. The van der Waals surface area contributed by atoms with E-state index in [-0.39, 0.29) is 36.7 Å². The van der Waals surface area contributed by atoms with Crippen LogP contribution in [0.5, 0.6) is 5.88 Å². The van der Waals surface area contributed by atoms with Gasteiger partial charge in [-0.25, -0.2) is 4.98 Å². The molecule has 1 aliphatic heterocycles. The summed E-state index contributed by atoms with van der Waals surface area (Å²) in [6.07, 6.45) is -4.06. The summed E-state index contributed by atoms with van der Waals surface area (Å²) >= 11 is 0. The van der Waals surface area contributed by atoms with Crippen LogP contribution in [0.1, 0.15) is 16.1 Å². The number of aromatic nitrogens is 2. The van der Waals surface area contributed by atoms with Gasteiger partial charge in [0, 0.05) is 23.9 Å². The standard InChI is InChI=1S/C19H14F3N3O3/c20-19(21,22)13-6-7-17(23-9-13)27-14-10-25(11-14)18(26)15-8-16(28-24-15)12-4-2-1-3-5-12/h1-9,14H,10-11H2. The zero-order valence-corrected chi connectivity index (χ0v) is 14.4. The van der Waals surface area contributed by atoms with E-state index in [2.05, 4.69) is 10.1 Å². The molecule has 2 aromatic heterocycles. The van der Waals surface area contributed by atoms with Crippen molar-refractivity contribution < 1.29 is 27.2 Å². The van der Waals surface area contributed by atoms with E-state index in [1.807, 2.05) is 30.3 Å². The molecule has 144 valence electrons. The quantitative estimate of drug-likeness (QED) is 0.681. The van der Waals surface area contributed by atoms with E-state index < -0.39 is 11.7 Å². The van der Waals surface area contributed by atoms with Crippen LogP contribution < -0.4 is 4.74 Å². The van der Waals surface area contributed by atoms with Crippen LogP contribution in [-0.2, 0) is 6.18 Å². The minimum absolute atomic E-state index is 0.0814. The maximum atomic E-state index is 12.5. The molecular formula is C19H14F3N3O3. The van der Waals surface area contributed by atoms with E-state index in [1.54, 1.807) is 6.07 Å². The van der Waals surface area contributed by atoms with E-state index in [0.29, 0.717) is 5.76 Å². The number of amides is 1. The molecule has 1 saturated heterocycles. The second kappa shape index (κ2) is 6.99. The third-order valence-electron chi connectivity index (χ3n) is 4.27. The number of alkyl halides is 3. The van der Waals surface area contributed by atoms with Crippen LogP contribution in [0.4, 0.5) is 13.2 Å². The predicted octanol–water partition coefficient (Wildman–Crippen LogP) is 3.66. The van der Waals surface area contributed by atoms with E-state index in [4.69, 9.17) is 9.26 Å². The van der Waals surface area contributed by atoms with Crippen LogP contribution in [0.2, 0.25) is 0 Å². The summed E-state index contributed by atoms with van der Waals surface area (Å²) in [4.78, 5) is 17.6. The molecule has 4 rings (SSSR count). The van der Waals surface area contributed by atoms with E-state index >= 15 is 0 Å². The molecule has 1 aliphatic rings. The Morgan fingerprint density at radius 2 is 1.89 bits per heavy atom. The first-order valence-corrected chi connectivity index (χ1v) is 8.41. The zero-order chi connectivity index (χ0) is 19.7. The molecule has 6 nitrogen and oxygen atoms in total. The molecule has 3 heterocycles. The van der Waals surface area contributed by atoms with Crippen LogP contribution in [-0.4, -0.2) is 40.1 Å². The molecule has 0 radical (unpaired) electrons. The molecule has 0 atom stereocenters. The normalized spacial score (nSPS) is 14.6. The summed E-state index contributed by atoms with van der Waals surface area (Å²) in [6.45, 7) is 0.574. The van der Waals surface area contributed by atoms with E-state index in [0.717, 1.165) is 23.9 Å². The highest BCUT2D eigenvalue weighted by molar-refractivity contribution is 5.93. The number of rotatable bonds is 4. The smallest absolute Gasteiger partial charge is 0.417 e. The molecule has 1 amide bonds. The second-order valence-corrected chi connectivity index (χ2v) is 6.28. The van der Waals surface area contributed by atoms with Gasteiger partial charge in [0.05, 0.1) is 18.7 Å². The molecule has 0 saturated carbocycles. The predicted molar refractivity (Wildman–Crippen MR) is 91.5 cm³/mol. The fourth-order valence-corrected chi connectivity index (χ4v) is 2.74. The van der Waals surface area contributed by atoms with E-state index in [1.165, 1.54) is 4.90 Å². The summed E-state index contributed by atoms with van der Waals surface area (Å²) in [5.41, 5.74) is 0.155. The minimum atomic E-state index is -4.44. The molecule has 0 unspecified atom stereocenters. The topological polar surface area (TPSA) is 68.5 Å². The molecule has 28 heavy (non-hydrogen) atoms. The van der Waals surface area contributed by atoms with Crippen LogP contribution in [0.25, 0.3) is 11.3 Å². The fraction of sp³-hybridized carbons (Fsp3) is 0.211. The number of ether oxygens (including phenoxy) is 1. The van der Waals surface area contributed by atoms with Gasteiger partial charge in [-0.3, -0.25) is 4.79 Å². The molecule has 0 bridgehead atoms. The number of pyridine rings is 1. The molecule has 0 spiro atoms. The van der Waals surface area contributed by atoms with Crippen molar-refractivity contribution in [3.8, 4) is 17.2 Å². The van der Waals surface area contributed by atoms with Crippen molar-refractivity contribution >= 4 is 5.91 Å². The van der Waals surface area contributed by atoms with Crippen molar-refractivity contribution in [3.63, 3.8) is 0 Å². The average molecular weight is 389 g/mol. The summed E-state index contributed by atoms with van der Waals surface area (Å²) in [7, 11) is 0. The number of hydrogen-bond donors (Lipinski definition) is 0. The lowest BCUT2D eigenvalue weighted by atomic mass is 10.1. The maximum Gasteiger partial charge on any atom is 0.417 e. The summed E-state index contributed by atoms with van der Waals surface area (Å²) in [6, 6.07) is 12.9. The number of carbonyl (C=O) groups excluding carboxylic acids is 1. The third kappa shape index (κ3) is 3.68. The monoisotopic (exact) mass is 389 g/mol. The van der Waals surface area contributed by atoms with Crippen molar-refractivity contribution in [2.75, 3.05) is 13.1 Å². The molecule has 1 fully saturated rings. The van der Waals surface area contributed by atoms with Crippen LogP contribution >= 0.6 is 0 Å². The Bertz CT molecular complexity index is 965. The third-order valence-corrected chi connectivity index (χ3v) is 4.27. The van der Waals surface area contributed by atoms with Gasteiger partial charge in [0.15, 0.2) is 11.5 Å². The summed E-state index contributed by atoms with van der Waals surface area (Å²) < 4.78 is 48.3. The van der Waals surface area contributed by atoms with Gasteiger partial charge >= 0.3 is 6.18 Å². The van der Waals surface area contributed by atoms with Crippen molar-refractivity contribution in [2.45, 2.75) is 12.3 Å².